The first kappa shape index (κ1) is 15.3. The monoisotopic (exact) mass is 292 g/mol. The Hall–Kier alpha value is -2.07. The van der Waals surface area contributed by atoms with Gasteiger partial charge >= 0.3 is 6.08 Å². The number of aliphatic hydroxyl groups is 1. The molecule has 0 unspecified atom stereocenters. The van der Waals surface area contributed by atoms with E-state index in [4.69, 9.17) is 0 Å². The number of rotatable bonds is 5. The third-order valence-corrected chi connectivity index (χ3v) is 3.25. The Bertz CT molecular complexity index is 563. The Balaban J connectivity index is 2.33. The van der Waals surface area contributed by atoms with Gasteiger partial charge in [0.05, 0.1) is 0 Å². The van der Waals surface area contributed by atoms with Gasteiger partial charge in [-0.3, -0.25) is 0 Å². The molecule has 4 heteroatoms. The van der Waals surface area contributed by atoms with Gasteiger partial charge in [-0.15, -0.1) is 0 Å². The van der Waals surface area contributed by atoms with Gasteiger partial charge < -0.3 is 5.11 Å². The van der Waals surface area contributed by atoms with E-state index in [1.165, 1.54) is 0 Å². The summed E-state index contributed by atoms with van der Waals surface area (Å²) in [5.41, 5.74) is -1.07. The molecule has 0 spiro atoms. The first-order chi connectivity index (χ1) is 10.0. The van der Waals surface area contributed by atoms with Crippen molar-refractivity contribution < 1.29 is 18.3 Å². The van der Waals surface area contributed by atoms with Gasteiger partial charge in [0.1, 0.15) is 5.60 Å². The van der Waals surface area contributed by atoms with Crippen molar-refractivity contribution in [2.45, 2.75) is 18.4 Å². The molecule has 2 aromatic rings. The molecule has 1 N–H and O–H groups in total. The summed E-state index contributed by atoms with van der Waals surface area (Å²) in [5.74, 6) is -1.77. The summed E-state index contributed by atoms with van der Waals surface area (Å²) >= 11 is 0. The molecule has 2 aromatic carbocycles. The van der Waals surface area contributed by atoms with Crippen LogP contribution in [-0.4, -0.2) is 10.7 Å². The highest BCUT2D eigenvalue weighted by atomic mass is 19.3. The molecule has 1 nitrogen and oxygen atoms in total. The van der Waals surface area contributed by atoms with E-state index < -0.39 is 17.5 Å². The fourth-order valence-corrected chi connectivity index (χ4v) is 2.26. The third-order valence-electron chi connectivity index (χ3n) is 3.25. The second-order valence-corrected chi connectivity index (χ2v) is 4.93. The molecule has 0 saturated carbocycles. The van der Waals surface area contributed by atoms with Crippen molar-refractivity contribution in [1.29, 1.82) is 0 Å². The van der Waals surface area contributed by atoms with Crippen molar-refractivity contribution in [3.63, 3.8) is 0 Å². The van der Waals surface area contributed by atoms with Crippen LogP contribution >= 0.6 is 0 Å². The van der Waals surface area contributed by atoms with Crippen molar-refractivity contribution in [2.75, 3.05) is 0 Å². The van der Waals surface area contributed by atoms with E-state index in [9.17, 15) is 18.3 Å². The summed E-state index contributed by atoms with van der Waals surface area (Å²) in [4.78, 5) is 0. The van der Waals surface area contributed by atoms with E-state index in [0.29, 0.717) is 11.1 Å². The molecule has 110 valence electrons. The molecule has 0 atom stereocenters. The molecular weight excluding hydrogens is 277 g/mol. The van der Waals surface area contributed by atoms with Gasteiger partial charge in [0.2, 0.25) is 0 Å². The minimum absolute atomic E-state index is 0.216. The maximum absolute atomic E-state index is 13.8. The van der Waals surface area contributed by atoms with Crippen molar-refractivity contribution >= 4 is 0 Å². The minimum Gasteiger partial charge on any atom is -0.382 e. The van der Waals surface area contributed by atoms with Gasteiger partial charge in [-0.05, 0) is 11.1 Å². The molecule has 0 heterocycles. The predicted octanol–water partition coefficient (Wildman–Crippen LogP) is 4.28. The Morgan fingerprint density at radius 1 is 0.762 bits per heavy atom. The molecule has 0 aliphatic rings. The van der Waals surface area contributed by atoms with Crippen molar-refractivity contribution in [1.82, 2.24) is 0 Å². The van der Waals surface area contributed by atoms with Crippen LogP contribution in [0.1, 0.15) is 11.1 Å². The Morgan fingerprint density at radius 2 is 1.14 bits per heavy atom. The lowest BCUT2D eigenvalue weighted by atomic mass is 9.87. The van der Waals surface area contributed by atoms with Crippen LogP contribution in [0.4, 0.5) is 13.2 Å². The maximum Gasteiger partial charge on any atom is 0.304 e. The standard InChI is InChI=1S/C17H15F3O/c18-15(16(19)20)17(21,11-13-7-3-1-4-8-13)12-14-9-5-2-6-10-14/h1-10,21H,11-12H2. The fraction of sp³-hybridized carbons (Fsp3) is 0.176. The predicted molar refractivity (Wildman–Crippen MR) is 75.6 cm³/mol. The molecule has 0 fully saturated rings. The van der Waals surface area contributed by atoms with Crippen LogP contribution in [0, 0.1) is 0 Å². The zero-order valence-corrected chi connectivity index (χ0v) is 11.3. The summed E-state index contributed by atoms with van der Waals surface area (Å²) in [6, 6.07) is 17.1. The first-order valence-electron chi connectivity index (χ1n) is 6.53. The van der Waals surface area contributed by atoms with Crippen LogP contribution in [0.5, 0.6) is 0 Å². The number of hydrogen-bond donors (Lipinski definition) is 1. The highest BCUT2D eigenvalue weighted by molar-refractivity contribution is 5.27. The van der Waals surface area contributed by atoms with E-state index in [2.05, 4.69) is 0 Å². The minimum atomic E-state index is -2.48. The molecule has 0 aliphatic carbocycles. The Morgan fingerprint density at radius 3 is 1.48 bits per heavy atom. The zero-order chi connectivity index (χ0) is 15.3. The summed E-state index contributed by atoms with van der Waals surface area (Å²) < 4.78 is 39.2. The molecule has 0 amide bonds. The van der Waals surface area contributed by atoms with Crippen LogP contribution < -0.4 is 0 Å². The van der Waals surface area contributed by atoms with Crippen LogP contribution in [0.25, 0.3) is 0 Å². The SMILES string of the molecule is OC(Cc1ccccc1)(Cc1ccccc1)C(F)=C(F)F. The number of benzene rings is 2. The van der Waals surface area contributed by atoms with E-state index in [1.54, 1.807) is 60.7 Å². The second-order valence-electron chi connectivity index (χ2n) is 4.93. The summed E-state index contributed by atoms with van der Waals surface area (Å²) in [6.45, 7) is 0. The van der Waals surface area contributed by atoms with E-state index >= 15 is 0 Å². The van der Waals surface area contributed by atoms with Crippen LogP contribution in [0.2, 0.25) is 0 Å². The lowest BCUT2D eigenvalue weighted by Crippen LogP contribution is -2.35. The highest BCUT2D eigenvalue weighted by Crippen LogP contribution is 2.31. The van der Waals surface area contributed by atoms with E-state index in [-0.39, 0.29) is 12.8 Å². The summed E-state index contributed by atoms with van der Waals surface area (Å²) in [7, 11) is 0. The largest absolute Gasteiger partial charge is 0.382 e. The number of hydrogen-bond acceptors (Lipinski definition) is 1. The van der Waals surface area contributed by atoms with E-state index in [1.807, 2.05) is 0 Å². The Kier molecular flexibility index (Phi) is 4.81. The van der Waals surface area contributed by atoms with Crippen LogP contribution in [-0.2, 0) is 12.8 Å². The smallest absolute Gasteiger partial charge is 0.304 e. The Labute approximate surface area is 121 Å². The first-order valence-corrected chi connectivity index (χ1v) is 6.53. The topological polar surface area (TPSA) is 20.2 Å². The van der Waals surface area contributed by atoms with Gasteiger partial charge in [0.15, 0.2) is 5.83 Å². The molecule has 0 radical (unpaired) electrons. The van der Waals surface area contributed by atoms with E-state index in [0.717, 1.165) is 0 Å². The highest BCUT2D eigenvalue weighted by Gasteiger charge is 2.36. The quantitative estimate of drug-likeness (QED) is 0.872. The summed E-state index contributed by atoms with van der Waals surface area (Å²) in [5, 5.41) is 10.4. The molecule has 0 aromatic heterocycles. The average Bonchev–Trinajstić information content (AvgIpc) is 2.48. The zero-order valence-electron chi connectivity index (χ0n) is 11.3. The third kappa shape index (κ3) is 3.95. The molecule has 0 aliphatic heterocycles. The molecule has 0 saturated heterocycles. The average molecular weight is 292 g/mol. The second kappa shape index (κ2) is 6.59. The molecule has 0 bridgehead atoms. The van der Waals surface area contributed by atoms with Gasteiger partial charge in [0, 0.05) is 12.8 Å². The van der Waals surface area contributed by atoms with Gasteiger partial charge in [-0.2, -0.15) is 8.78 Å². The maximum atomic E-state index is 13.8. The molecule has 21 heavy (non-hydrogen) atoms. The van der Waals surface area contributed by atoms with Crippen LogP contribution in [0.3, 0.4) is 0 Å². The normalized spacial score (nSPS) is 11.2. The lowest BCUT2D eigenvalue weighted by Gasteiger charge is -2.26. The van der Waals surface area contributed by atoms with Gasteiger partial charge in [0.25, 0.3) is 0 Å². The van der Waals surface area contributed by atoms with Crippen LogP contribution in [0.15, 0.2) is 72.6 Å². The fourth-order valence-electron chi connectivity index (χ4n) is 2.26. The van der Waals surface area contributed by atoms with Gasteiger partial charge in [-0.1, -0.05) is 60.7 Å². The molecule has 2 rings (SSSR count). The van der Waals surface area contributed by atoms with Crippen molar-refractivity contribution in [3.05, 3.63) is 83.7 Å². The lowest BCUT2D eigenvalue weighted by molar-refractivity contribution is 0.0471. The van der Waals surface area contributed by atoms with Gasteiger partial charge in [-0.25, -0.2) is 4.39 Å². The molecular formula is C17H15F3O. The summed E-state index contributed by atoms with van der Waals surface area (Å²) in [6.07, 6.45) is -2.91. The number of halogens is 3. The van der Waals surface area contributed by atoms with Crippen molar-refractivity contribution in [3.8, 4) is 0 Å². The van der Waals surface area contributed by atoms with Crippen molar-refractivity contribution in [2.24, 2.45) is 0 Å².